The summed E-state index contributed by atoms with van der Waals surface area (Å²) in [6, 6.07) is 5.55. The van der Waals surface area contributed by atoms with Gasteiger partial charge in [-0.1, -0.05) is 19.2 Å². The highest BCUT2D eigenvalue weighted by Crippen LogP contribution is 2.29. The minimum absolute atomic E-state index is 0.115. The van der Waals surface area contributed by atoms with Crippen molar-refractivity contribution in [2.75, 3.05) is 0 Å². The van der Waals surface area contributed by atoms with E-state index >= 15 is 0 Å². The number of hydrogen-bond acceptors (Lipinski definition) is 7. The second kappa shape index (κ2) is 7.73. The van der Waals surface area contributed by atoms with Crippen LogP contribution in [0.5, 0.6) is 5.75 Å². The van der Waals surface area contributed by atoms with Crippen molar-refractivity contribution in [2.45, 2.75) is 5.79 Å². The molecule has 1 aliphatic carbocycles. The minimum Gasteiger partial charge on any atom is -0.424 e. The molecule has 1 aromatic carbocycles. The first-order valence-electron chi connectivity index (χ1n) is 7.45. The molecule has 1 aromatic rings. The number of benzene rings is 1. The zero-order chi connectivity index (χ0) is 19.3. The third-order valence-electron chi connectivity index (χ3n) is 3.46. The second-order valence-corrected chi connectivity index (χ2v) is 5.31. The van der Waals surface area contributed by atoms with E-state index in [4.69, 9.17) is 9.47 Å². The van der Waals surface area contributed by atoms with Crippen LogP contribution >= 0.6 is 0 Å². The number of hydrogen-bond donors (Lipinski definition) is 2. The Bertz CT molecular complexity index is 813. The van der Waals surface area contributed by atoms with Crippen molar-refractivity contribution in [3.63, 3.8) is 0 Å². The number of ether oxygens (including phenoxy) is 2. The summed E-state index contributed by atoms with van der Waals surface area (Å²) < 4.78 is 9.70. The molecule has 2 rings (SSSR count). The van der Waals surface area contributed by atoms with Gasteiger partial charge in [-0.15, -0.1) is 0 Å². The summed E-state index contributed by atoms with van der Waals surface area (Å²) >= 11 is 0. The molecule has 1 atom stereocenters. The zero-order valence-corrected chi connectivity index (χ0v) is 13.6. The van der Waals surface area contributed by atoms with Gasteiger partial charge in [-0.3, -0.25) is 4.79 Å². The highest BCUT2D eigenvalue weighted by molar-refractivity contribution is 6.00. The first-order chi connectivity index (χ1) is 12.3. The van der Waals surface area contributed by atoms with Gasteiger partial charge in [-0.05, 0) is 30.3 Å². The molecule has 1 aliphatic rings. The fraction of sp³-hybridized carbons (Fsp3) is 0.105. The van der Waals surface area contributed by atoms with Crippen molar-refractivity contribution in [2.24, 2.45) is 5.92 Å². The predicted octanol–water partition coefficient (Wildman–Crippen LogP) is 1.44. The molecule has 26 heavy (non-hydrogen) atoms. The van der Waals surface area contributed by atoms with Gasteiger partial charge in [0.1, 0.15) is 11.5 Å². The average Bonchev–Trinajstić information content (AvgIpc) is 2.61. The summed E-state index contributed by atoms with van der Waals surface area (Å²) in [5, 5.41) is 20.3. The molecule has 0 saturated heterocycles. The Labute approximate surface area is 149 Å². The third-order valence-corrected chi connectivity index (χ3v) is 3.46. The third kappa shape index (κ3) is 4.41. The first-order valence-corrected chi connectivity index (χ1v) is 7.45. The van der Waals surface area contributed by atoms with Crippen molar-refractivity contribution < 1.29 is 34.1 Å². The predicted molar refractivity (Wildman–Crippen MR) is 90.8 cm³/mol. The van der Waals surface area contributed by atoms with Crippen molar-refractivity contribution in [1.82, 2.24) is 0 Å². The second-order valence-electron chi connectivity index (χ2n) is 5.31. The molecule has 0 radical (unpaired) electrons. The van der Waals surface area contributed by atoms with Crippen LogP contribution in [0, 0.1) is 5.92 Å². The average molecular weight is 356 g/mol. The van der Waals surface area contributed by atoms with Crippen LogP contribution in [0.3, 0.4) is 0 Å². The van der Waals surface area contributed by atoms with E-state index in [2.05, 4.69) is 13.2 Å². The molecule has 7 nitrogen and oxygen atoms in total. The van der Waals surface area contributed by atoms with Crippen LogP contribution < -0.4 is 4.74 Å². The molecule has 0 bridgehead atoms. The van der Waals surface area contributed by atoms with Crippen LogP contribution in [0.4, 0.5) is 0 Å². The number of rotatable bonds is 6. The molecular formula is C19H16O7. The van der Waals surface area contributed by atoms with Gasteiger partial charge in [-0.2, -0.15) is 0 Å². The SMILES string of the molecule is C=CC(=O)OC1=CC(O)(O)C(C(=O)c2ccc(OC(=O)C=C)cc2)C=C1. The summed E-state index contributed by atoms with van der Waals surface area (Å²) in [6.07, 6.45) is 5.29. The highest BCUT2D eigenvalue weighted by Gasteiger charge is 2.39. The van der Waals surface area contributed by atoms with Crippen LogP contribution in [0.1, 0.15) is 10.4 Å². The minimum atomic E-state index is -2.55. The van der Waals surface area contributed by atoms with E-state index < -0.39 is 29.4 Å². The molecule has 0 fully saturated rings. The van der Waals surface area contributed by atoms with Crippen LogP contribution in [-0.2, 0) is 14.3 Å². The van der Waals surface area contributed by atoms with Gasteiger partial charge in [0.25, 0.3) is 0 Å². The van der Waals surface area contributed by atoms with Crippen molar-refractivity contribution >= 4 is 17.7 Å². The molecular weight excluding hydrogens is 340 g/mol. The van der Waals surface area contributed by atoms with Gasteiger partial charge >= 0.3 is 11.9 Å². The highest BCUT2D eigenvalue weighted by atomic mass is 16.5. The summed E-state index contributed by atoms with van der Waals surface area (Å²) in [5.74, 6) is -5.76. The number of allylic oxidation sites excluding steroid dienone is 1. The molecule has 0 heterocycles. The van der Waals surface area contributed by atoms with Gasteiger partial charge in [-0.25, -0.2) is 9.59 Å². The maximum Gasteiger partial charge on any atom is 0.335 e. The number of ketones is 1. The van der Waals surface area contributed by atoms with E-state index in [9.17, 15) is 24.6 Å². The van der Waals surface area contributed by atoms with E-state index in [1.54, 1.807) is 0 Å². The van der Waals surface area contributed by atoms with Gasteiger partial charge in [0.05, 0.1) is 5.92 Å². The smallest absolute Gasteiger partial charge is 0.335 e. The van der Waals surface area contributed by atoms with E-state index in [1.807, 2.05) is 0 Å². The van der Waals surface area contributed by atoms with Crippen LogP contribution in [-0.4, -0.2) is 33.7 Å². The molecule has 0 spiro atoms. The summed E-state index contributed by atoms with van der Waals surface area (Å²) in [6.45, 7) is 6.51. The largest absolute Gasteiger partial charge is 0.424 e. The topological polar surface area (TPSA) is 110 Å². The Hall–Kier alpha value is -3.29. The van der Waals surface area contributed by atoms with Gasteiger partial charge in [0.15, 0.2) is 5.78 Å². The molecule has 0 amide bonds. The number of aliphatic hydroxyl groups is 2. The fourth-order valence-corrected chi connectivity index (χ4v) is 2.21. The molecule has 7 heteroatoms. The Balaban J connectivity index is 2.16. The maximum atomic E-state index is 12.5. The number of esters is 2. The maximum absolute atomic E-state index is 12.5. The number of carbonyl (C=O) groups excluding carboxylic acids is 3. The summed E-state index contributed by atoms with van der Waals surface area (Å²) in [7, 11) is 0. The van der Waals surface area contributed by atoms with Gasteiger partial charge in [0, 0.05) is 23.8 Å². The van der Waals surface area contributed by atoms with Gasteiger partial charge < -0.3 is 19.7 Å². The molecule has 134 valence electrons. The van der Waals surface area contributed by atoms with Crippen molar-refractivity contribution in [1.29, 1.82) is 0 Å². The fourth-order valence-electron chi connectivity index (χ4n) is 2.21. The lowest BCUT2D eigenvalue weighted by molar-refractivity contribution is -0.142. The Morgan fingerprint density at radius 3 is 2.12 bits per heavy atom. The first kappa shape index (κ1) is 19.0. The van der Waals surface area contributed by atoms with Crippen molar-refractivity contribution in [3.05, 3.63) is 79.1 Å². The zero-order valence-electron chi connectivity index (χ0n) is 13.6. The lowest BCUT2D eigenvalue weighted by atomic mass is 9.86. The normalized spacial score (nSPS) is 17.6. The molecule has 0 aromatic heterocycles. The Kier molecular flexibility index (Phi) is 5.66. The Morgan fingerprint density at radius 1 is 1.00 bits per heavy atom. The van der Waals surface area contributed by atoms with E-state index in [0.717, 1.165) is 18.2 Å². The van der Waals surface area contributed by atoms with Gasteiger partial charge in [0.2, 0.25) is 5.79 Å². The van der Waals surface area contributed by atoms with Crippen LogP contribution in [0.25, 0.3) is 0 Å². The summed E-state index contributed by atoms with van der Waals surface area (Å²) in [4.78, 5) is 34.8. The van der Waals surface area contributed by atoms with Crippen LogP contribution in [0.2, 0.25) is 0 Å². The lowest BCUT2D eigenvalue weighted by Gasteiger charge is -2.28. The number of Topliss-reactive ketones (excluding diaryl/α,β-unsaturated/α-hetero) is 1. The van der Waals surface area contributed by atoms with E-state index in [-0.39, 0.29) is 17.1 Å². The quantitative estimate of drug-likeness (QED) is 0.261. The monoisotopic (exact) mass is 356 g/mol. The van der Waals surface area contributed by atoms with E-state index in [0.29, 0.717) is 0 Å². The van der Waals surface area contributed by atoms with E-state index in [1.165, 1.54) is 36.4 Å². The van der Waals surface area contributed by atoms with Crippen molar-refractivity contribution in [3.8, 4) is 5.75 Å². The molecule has 0 aliphatic heterocycles. The van der Waals surface area contributed by atoms with Crippen LogP contribution in [0.15, 0.2) is 73.6 Å². The molecule has 0 saturated carbocycles. The molecule has 1 unspecified atom stereocenters. The Morgan fingerprint density at radius 2 is 1.58 bits per heavy atom. The number of carbonyl (C=O) groups is 3. The standard InChI is InChI=1S/C19H16O7/c1-3-16(20)25-13-7-5-12(6-8-13)18(22)15-10-9-14(11-19(15,23)24)26-17(21)4-2/h3-11,15,23-24H,1-2H2. The summed E-state index contributed by atoms with van der Waals surface area (Å²) in [5.41, 5.74) is 0.172. The molecule has 2 N–H and O–H groups in total. The lowest BCUT2D eigenvalue weighted by Crippen LogP contribution is -2.41.